The van der Waals surface area contributed by atoms with Crippen molar-refractivity contribution in [1.82, 2.24) is 4.98 Å². The van der Waals surface area contributed by atoms with Crippen LogP contribution in [0.3, 0.4) is 0 Å². The van der Waals surface area contributed by atoms with Gasteiger partial charge in [0.05, 0.1) is 11.2 Å². The first-order valence-corrected chi connectivity index (χ1v) is 6.29. The molecule has 0 N–H and O–H groups in total. The molecule has 1 aromatic heterocycles. The number of anilines is 1. The van der Waals surface area contributed by atoms with Crippen molar-refractivity contribution in [2.24, 2.45) is 0 Å². The minimum Gasteiger partial charge on any atom is -0.378 e. The second-order valence-corrected chi connectivity index (χ2v) is 4.74. The fraction of sp³-hybridized carbons (Fsp3) is 0.118. The molecule has 3 aromatic rings. The van der Waals surface area contributed by atoms with E-state index in [1.165, 1.54) is 5.69 Å². The predicted octanol–water partition coefficient (Wildman–Crippen LogP) is 3.77. The quantitative estimate of drug-likeness (QED) is 0.685. The van der Waals surface area contributed by atoms with Crippen LogP contribution in [0.25, 0.3) is 22.2 Å². The van der Waals surface area contributed by atoms with Crippen LogP contribution in [0.2, 0.25) is 0 Å². The fourth-order valence-corrected chi connectivity index (χ4v) is 2.08. The summed E-state index contributed by atoms with van der Waals surface area (Å²) in [5.41, 5.74) is 4.25. The molecule has 0 aliphatic rings. The third kappa shape index (κ3) is 2.29. The fourth-order valence-electron chi connectivity index (χ4n) is 2.08. The van der Waals surface area contributed by atoms with Crippen molar-refractivity contribution >= 4 is 16.6 Å². The molecule has 0 fully saturated rings. The number of nitrogens with zero attached hydrogens (tertiary/aromatic N) is 2. The summed E-state index contributed by atoms with van der Waals surface area (Å²) >= 11 is 0. The molecule has 2 aromatic carbocycles. The van der Waals surface area contributed by atoms with E-state index in [4.69, 9.17) is 0 Å². The number of rotatable bonds is 2. The first kappa shape index (κ1) is 11.7. The molecule has 0 unspecified atom stereocenters. The number of pyridine rings is 1. The smallest absolute Gasteiger partial charge is 0.0715 e. The average Bonchev–Trinajstić information content (AvgIpc) is 2.47. The molecule has 0 bridgehead atoms. The lowest BCUT2D eigenvalue weighted by Crippen LogP contribution is -2.07. The van der Waals surface area contributed by atoms with Gasteiger partial charge in [-0.25, -0.2) is 4.98 Å². The van der Waals surface area contributed by atoms with Gasteiger partial charge in [-0.15, -0.1) is 0 Å². The third-order valence-corrected chi connectivity index (χ3v) is 3.19. The highest BCUT2D eigenvalue weighted by Gasteiger charge is 2.02. The molecule has 93 valence electrons. The van der Waals surface area contributed by atoms with Gasteiger partial charge in [0.15, 0.2) is 0 Å². The van der Waals surface area contributed by atoms with Crippen molar-refractivity contribution in [3.63, 3.8) is 0 Å². The highest BCUT2D eigenvalue weighted by atomic mass is 15.1. The van der Waals surface area contributed by atoms with E-state index in [-0.39, 0.29) is 0 Å². The summed E-state index contributed by atoms with van der Waals surface area (Å²) in [7, 11) is 4.08. The Kier molecular flexibility index (Phi) is 2.92. The van der Waals surface area contributed by atoms with Crippen molar-refractivity contribution in [2.75, 3.05) is 19.0 Å². The van der Waals surface area contributed by atoms with Crippen LogP contribution in [0.5, 0.6) is 0 Å². The number of hydrogen-bond acceptors (Lipinski definition) is 2. The number of para-hydroxylation sites is 1. The normalized spacial score (nSPS) is 10.6. The van der Waals surface area contributed by atoms with Crippen LogP contribution in [0.15, 0.2) is 54.6 Å². The zero-order chi connectivity index (χ0) is 13.2. The van der Waals surface area contributed by atoms with Gasteiger partial charge in [0.25, 0.3) is 0 Å². The average molecular weight is 247 g/mol. The van der Waals surface area contributed by atoms with Crippen molar-refractivity contribution in [3.05, 3.63) is 60.7 Å². The van der Waals surface area contributed by atoms with Crippen LogP contribution in [-0.4, -0.2) is 19.1 Å². The maximum absolute atomic E-state index is 4.68. The van der Waals surface area contributed by atoms with Crippen LogP contribution in [0.1, 0.15) is 0 Å². The predicted molar refractivity (Wildman–Crippen MR) is 80.3 cm³/mol. The minimum absolute atomic E-state index is 0.962. The van der Waals surface area contributed by atoms with Crippen LogP contribution in [0.4, 0.5) is 5.69 Å². The Hall–Kier alpha value is -2.35. The summed E-state index contributed by atoms with van der Waals surface area (Å²) in [6.07, 6.45) is 0. The Balaban J connectivity index is 2.03. The zero-order valence-corrected chi connectivity index (χ0v) is 11.1. The highest BCUT2D eigenvalue weighted by Crippen LogP contribution is 2.22. The molecular formula is C17H15N2. The summed E-state index contributed by atoms with van der Waals surface area (Å²) in [6, 6.07) is 21.7. The number of fused-ring (bicyclic) bond motifs is 1. The van der Waals surface area contributed by atoms with Crippen molar-refractivity contribution in [2.45, 2.75) is 0 Å². The van der Waals surface area contributed by atoms with Crippen LogP contribution in [-0.2, 0) is 0 Å². The van der Waals surface area contributed by atoms with E-state index in [9.17, 15) is 0 Å². The second-order valence-electron chi connectivity index (χ2n) is 4.74. The van der Waals surface area contributed by atoms with Gasteiger partial charge in [-0.3, -0.25) is 0 Å². The van der Waals surface area contributed by atoms with E-state index in [0.29, 0.717) is 0 Å². The molecule has 0 amide bonds. The maximum atomic E-state index is 4.68. The summed E-state index contributed by atoms with van der Waals surface area (Å²) in [5.74, 6) is 0. The summed E-state index contributed by atoms with van der Waals surface area (Å²) in [4.78, 5) is 6.76. The Bertz CT molecular complexity index is 700. The molecule has 1 radical (unpaired) electrons. The molecule has 19 heavy (non-hydrogen) atoms. The van der Waals surface area contributed by atoms with Crippen LogP contribution in [0, 0.1) is 6.07 Å². The molecule has 0 aliphatic carbocycles. The molecule has 2 nitrogen and oxygen atoms in total. The van der Waals surface area contributed by atoms with Crippen LogP contribution < -0.4 is 4.90 Å². The van der Waals surface area contributed by atoms with Gasteiger partial charge < -0.3 is 4.90 Å². The molecule has 0 atom stereocenters. The van der Waals surface area contributed by atoms with E-state index in [1.807, 2.05) is 44.4 Å². The highest BCUT2D eigenvalue weighted by molar-refractivity contribution is 5.80. The zero-order valence-electron chi connectivity index (χ0n) is 11.1. The van der Waals surface area contributed by atoms with E-state index >= 15 is 0 Å². The molecule has 2 heteroatoms. The van der Waals surface area contributed by atoms with Crippen molar-refractivity contribution < 1.29 is 0 Å². The number of benzene rings is 2. The van der Waals surface area contributed by atoms with Crippen molar-refractivity contribution in [1.29, 1.82) is 0 Å². The van der Waals surface area contributed by atoms with Gasteiger partial charge in [0.2, 0.25) is 0 Å². The standard InChI is InChI=1S/C17H15N2/c1-19(2)15-10-7-14(8-11-15)17-12-9-13-5-3-4-6-16(13)18-17/h3-8,10-12H,1-2H3. The molecule has 0 saturated heterocycles. The lowest BCUT2D eigenvalue weighted by Gasteiger charge is -2.12. The Morgan fingerprint density at radius 3 is 2.42 bits per heavy atom. The van der Waals surface area contributed by atoms with Gasteiger partial charge in [-0.05, 0) is 30.3 Å². The molecular weight excluding hydrogens is 232 g/mol. The molecule has 1 heterocycles. The van der Waals surface area contributed by atoms with Gasteiger partial charge in [0, 0.05) is 30.7 Å². The van der Waals surface area contributed by atoms with E-state index in [1.54, 1.807) is 0 Å². The van der Waals surface area contributed by atoms with Crippen molar-refractivity contribution in [3.8, 4) is 11.3 Å². The number of hydrogen-bond donors (Lipinski definition) is 0. The minimum atomic E-state index is 0.962. The molecule has 3 rings (SSSR count). The second kappa shape index (κ2) is 4.73. The van der Waals surface area contributed by atoms with E-state index in [0.717, 1.165) is 22.2 Å². The Morgan fingerprint density at radius 2 is 1.68 bits per heavy atom. The Morgan fingerprint density at radius 1 is 0.947 bits per heavy atom. The van der Waals surface area contributed by atoms with E-state index in [2.05, 4.69) is 40.2 Å². The maximum Gasteiger partial charge on any atom is 0.0715 e. The SMILES string of the molecule is CN(C)c1ccc(-c2c[c]c3ccccc3n2)cc1. The van der Waals surface area contributed by atoms with Gasteiger partial charge in [0.1, 0.15) is 0 Å². The lowest BCUT2D eigenvalue weighted by atomic mass is 10.1. The molecule has 0 aliphatic heterocycles. The number of aromatic nitrogens is 1. The molecule has 0 spiro atoms. The first-order valence-electron chi connectivity index (χ1n) is 6.29. The van der Waals surface area contributed by atoms with Gasteiger partial charge >= 0.3 is 0 Å². The summed E-state index contributed by atoms with van der Waals surface area (Å²) in [6.45, 7) is 0. The lowest BCUT2D eigenvalue weighted by molar-refractivity contribution is 1.13. The topological polar surface area (TPSA) is 16.1 Å². The van der Waals surface area contributed by atoms with Crippen LogP contribution >= 0.6 is 0 Å². The molecule has 0 saturated carbocycles. The van der Waals surface area contributed by atoms with Gasteiger partial charge in [-0.2, -0.15) is 0 Å². The van der Waals surface area contributed by atoms with Gasteiger partial charge in [-0.1, -0.05) is 30.3 Å². The third-order valence-electron chi connectivity index (χ3n) is 3.19. The summed E-state index contributed by atoms with van der Waals surface area (Å²) in [5, 5.41) is 1.05. The van der Waals surface area contributed by atoms with E-state index < -0.39 is 0 Å². The summed E-state index contributed by atoms with van der Waals surface area (Å²) < 4.78 is 0. The monoisotopic (exact) mass is 247 g/mol. The largest absolute Gasteiger partial charge is 0.378 e. The first-order chi connectivity index (χ1) is 9.24. The Labute approximate surface area is 113 Å².